The highest BCUT2D eigenvalue weighted by molar-refractivity contribution is 5.92. The molecule has 0 heterocycles. The van der Waals surface area contributed by atoms with Gasteiger partial charge in [-0.15, -0.1) is 0 Å². The van der Waals surface area contributed by atoms with Gasteiger partial charge < -0.3 is 0 Å². The number of hydrogen-bond acceptors (Lipinski definition) is 1. The molecule has 0 aromatic heterocycles. The second-order valence-corrected chi connectivity index (χ2v) is 10.2. The summed E-state index contributed by atoms with van der Waals surface area (Å²) in [5.74, 6) is 1.84. The zero-order chi connectivity index (χ0) is 18.9. The molecule has 2 saturated carbocycles. The lowest BCUT2D eigenvalue weighted by Crippen LogP contribution is -2.48. The first-order valence-corrected chi connectivity index (χ1v) is 10.9. The number of ketones is 1. The fraction of sp³-hybridized carbons (Fsp3) is 0.577. The fourth-order valence-electron chi connectivity index (χ4n) is 7.39. The van der Waals surface area contributed by atoms with Crippen LogP contribution in [0, 0.1) is 22.7 Å². The van der Waals surface area contributed by atoms with E-state index < -0.39 is 0 Å². The summed E-state index contributed by atoms with van der Waals surface area (Å²) in [6, 6.07) is 11.3. The molecule has 2 fully saturated rings. The van der Waals surface area contributed by atoms with E-state index in [4.69, 9.17) is 0 Å². The van der Waals surface area contributed by atoms with Crippen LogP contribution in [0.4, 0.5) is 0 Å². The van der Waals surface area contributed by atoms with Crippen molar-refractivity contribution in [3.05, 3.63) is 59.2 Å². The van der Waals surface area contributed by atoms with Crippen LogP contribution < -0.4 is 0 Å². The summed E-state index contributed by atoms with van der Waals surface area (Å²) in [4.78, 5) is 12.0. The van der Waals surface area contributed by atoms with Crippen molar-refractivity contribution in [1.82, 2.24) is 0 Å². The van der Waals surface area contributed by atoms with Gasteiger partial charge in [-0.1, -0.05) is 68.3 Å². The lowest BCUT2D eigenvalue weighted by molar-refractivity contribution is -0.115. The van der Waals surface area contributed by atoms with Gasteiger partial charge in [0.15, 0.2) is 5.78 Å². The third kappa shape index (κ3) is 2.20. The molecule has 4 aliphatic carbocycles. The Bertz CT molecular complexity index is 846. The van der Waals surface area contributed by atoms with Crippen molar-refractivity contribution < 1.29 is 4.79 Å². The largest absolute Gasteiger partial charge is 0.295 e. The van der Waals surface area contributed by atoms with Crippen molar-refractivity contribution in [3.8, 4) is 0 Å². The predicted molar refractivity (Wildman–Crippen MR) is 110 cm³/mol. The Morgan fingerprint density at radius 2 is 1.74 bits per heavy atom. The molecule has 1 aromatic rings. The number of benzene rings is 1. The van der Waals surface area contributed by atoms with Crippen LogP contribution >= 0.6 is 0 Å². The highest BCUT2D eigenvalue weighted by Crippen LogP contribution is 2.68. The molecule has 1 nitrogen and oxygen atoms in total. The molecule has 1 unspecified atom stereocenters. The zero-order valence-electron chi connectivity index (χ0n) is 17.1. The Labute approximate surface area is 163 Å². The molecular formula is C26H32O. The van der Waals surface area contributed by atoms with Gasteiger partial charge in [0.1, 0.15) is 0 Å². The maximum atomic E-state index is 12.0. The van der Waals surface area contributed by atoms with Gasteiger partial charge in [0.2, 0.25) is 0 Å². The lowest BCUT2D eigenvalue weighted by Gasteiger charge is -2.55. The van der Waals surface area contributed by atoms with Crippen molar-refractivity contribution in [2.24, 2.45) is 22.7 Å². The normalized spacial score (nSPS) is 43.3. The maximum Gasteiger partial charge on any atom is 0.155 e. The Morgan fingerprint density at radius 3 is 2.52 bits per heavy atom. The average molecular weight is 361 g/mol. The van der Waals surface area contributed by atoms with E-state index in [-0.39, 0.29) is 10.8 Å². The van der Waals surface area contributed by atoms with Crippen molar-refractivity contribution in [2.75, 3.05) is 0 Å². The summed E-state index contributed by atoms with van der Waals surface area (Å²) in [7, 11) is 0. The molecular weight excluding hydrogens is 328 g/mol. The SMILES string of the molecule is C[C@]12CCC(=O)C=C1CCC1C2=CC[C@@]2(C)[C@H]1CC[C@]2(C)c1ccccc1. The van der Waals surface area contributed by atoms with Gasteiger partial charge in [-0.3, -0.25) is 4.79 Å². The van der Waals surface area contributed by atoms with Crippen molar-refractivity contribution in [2.45, 2.75) is 71.1 Å². The van der Waals surface area contributed by atoms with E-state index in [9.17, 15) is 4.79 Å². The minimum atomic E-state index is 0.157. The van der Waals surface area contributed by atoms with Gasteiger partial charge in [0.05, 0.1) is 0 Å². The molecule has 1 aromatic carbocycles. The van der Waals surface area contributed by atoms with Gasteiger partial charge in [0.25, 0.3) is 0 Å². The minimum Gasteiger partial charge on any atom is -0.295 e. The second kappa shape index (κ2) is 5.69. The van der Waals surface area contributed by atoms with E-state index in [1.54, 1.807) is 5.57 Å². The minimum absolute atomic E-state index is 0.157. The number of carbonyl (C=O) groups is 1. The molecule has 5 rings (SSSR count). The molecule has 4 aliphatic rings. The summed E-state index contributed by atoms with van der Waals surface area (Å²) in [6.07, 6.45) is 12.6. The average Bonchev–Trinajstić information content (AvgIpc) is 2.95. The van der Waals surface area contributed by atoms with Crippen LogP contribution in [0.25, 0.3) is 0 Å². The molecule has 0 amide bonds. The third-order valence-electron chi connectivity index (χ3n) is 9.35. The number of allylic oxidation sites excluding steroid dienone is 4. The van der Waals surface area contributed by atoms with Crippen LogP contribution in [-0.2, 0) is 10.2 Å². The van der Waals surface area contributed by atoms with Crippen LogP contribution in [-0.4, -0.2) is 5.78 Å². The quantitative estimate of drug-likeness (QED) is 0.530. The van der Waals surface area contributed by atoms with E-state index in [0.29, 0.717) is 17.1 Å². The number of rotatable bonds is 1. The fourth-order valence-corrected chi connectivity index (χ4v) is 7.39. The van der Waals surface area contributed by atoms with E-state index in [1.807, 2.05) is 6.08 Å². The lowest BCUT2D eigenvalue weighted by atomic mass is 9.49. The summed E-state index contributed by atoms with van der Waals surface area (Å²) >= 11 is 0. The molecule has 0 N–H and O–H groups in total. The molecule has 0 saturated heterocycles. The van der Waals surface area contributed by atoms with E-state index in [0.717, 1.165) is 25.2 Å². The Kier molecular flexibility index (Phi) is 3.68. The van der Waals surface area contributed by atoms with Crippen LogP contribution in [0.15, 0.2) is 53.6 Å². The first kappa shape index (κ1) is 17.5. The van der Waals surface area contributed by atoms with Crippen LogP contribution in [0.3, 0.4) is 0 Å². The van der Waals surface area contributed by atoms with E-state index >= 15 is 0 Å². The Morgan fingerprint density at radius 1 is 0.963 bits per heavy atom. The molecule has 0 bridgehead atoms. The second-order valence-electron chi connectivity index (χ2n) is 10.2. The van der Waals surface area contributed by atoms with Crippen molar-refractivity contribution in [1.29, 1.82) is 0 Å². The third-order valence-corrected chi connectivity index (χ3v) is 9.35. The predicted octanol–water partition coefficient (Wildman–Crippen LogP) is 6.40. The smallest absolute Gasteiger partial charge is 0.155 e. The van der Waals surface area contributed by atoms with Gasteiger partial charge in [-0.2, -0.15) is 0 Å². The molecule has 142 valence electrons. The monoisotopic (exact) mass is 360 g/mol. The molecule has 0 aliphatic heterocycles. The molecule has 5 atom stereocenters. The summed E-state index contributed by atoms with van der Waals surface area (Å²) < 4.78 is 0. The zero-order valence-corrected chi connectivity index (χ0v) is 17.1. The van der Waals surface area contributed by atoms with Gasteiger partial charge in [0, 0.05) is 11.8 Å². The number of fused-ring (bicyclic) bond motifs is 5. The maximum absolute atomic E-state index is 12.0. The first-order chi connectivity index (χ1) is 12.9. The van der Waals surface area contributed by atoms with Gasteiger partial charge >= 0.3 is 0 Å². The number of hydrogen-bond donors (Lipinski definition) is 0. The number of carbonyl (C=O) groups excluding carboxylic acids is 1. The molecule has 27 heavy (non-hydrogen) atoms. The summed E-state index contributed by atoms with van der Waals surface area (Å²) in [5, 5.41) is 0. The van der Waals surface area contributed by atoms with Gasteiger partial charge in [-0.05, 0) is 72.8 Å². The summed E-state index contributed by atoms with van der Waals surface area (Å²) in [5.41, 5.74) is 5.40. The highest BCUT2D eigenvalue weighted by Gasteiger charge is 2.60. The standard InChI is InChI=1S/C26H32O/c1-24-14-11-20(27)17-19(24)9-10-21-22(24)12-16-26(3)23(21)13-15-25(26,2)18-7-5-4-6-8-18/h4-8,12,17,21,23H,9-11,13-16H2,1-3H3/t21?,23-,24-,25+,26-/m0/s1. The van der Waals surface area contributed by atoms with Crippen molar-refractivity contribution >= 4 is 5.78 Å². The summed E-state index contributed by atoms with van der Waals surface area (Å²) in [6.45, 7) is 7.52. The first-order valence-electron chi connectivity index (χ1n) is 10.9. The van der Waals surface area contributed by atoms with Crippen LogP contribution in [0.2, 0.25) is 0 Å². The van der Waals surface area contributed by atoms with Gasteiger partial charge in [-0.25, -0.2) is 0 Å². The Hall–Kier alpha value is -1.63. The van der Waals surface area contributed by atoms with E-state index in [1.165, 1.54) is 36.8 Å². The highest BCUT2D eigenvalue weighted by atomic mass is 16.1. The van der Waals surface area contributed by atoms with E-state index in [2.05, 4.69) is 57.2 Å². The molecule has 1 heteroatoms. The van der Waals surface area contributed by atoms with Crippen LogP contribution in [0.1, 0.15) is 71.3 Å². The van der Waals surface area contributed by atoms with Crippen molar-refractivity contribution in [3.63, 3.8) is 0 Å². The Balaban J connectivity index is 1.57. The van der Waals surface area contributed by atoms with Crippen LogP contribution in [0.5, 0.6) is 0 Å². The molecule has 0 radical (unpaired) electrons. The molecule has 0 spiro atoms. The topological polar surface area (TPSA) is 17.1 Å².